The summed E-state index contributed by atoms with van der Waals surface area (Å²) in [5, 5.41) is 1.20. The van der Waals surface area contributed by atoms with Gasteiger partial charge in [0.1, 0.15) is 22.8 Å². The van der Waals surface area contributed by atoms with Crippen LogP contribution in [0.3, 0.4) is 0 Å². The van der Waals surface area contributed by atoms with E-state index < -0.39 is 5.97 Å². The Kier molecular flexibility index (Phi) is 9.37. The lowest BCUT2D eigenvalue weighted by molar-refractivity contribution is -0.138. The number of hydrogen-bond donors (Lipinski definition) is 1. The van der Waals surface area contributed by atoms with E-state index in [9.17, 15) is 4.79 Å². The van der Waals surface area contributed by atoms with Crippen molar-refractivity contribution < 1.29 is 18.8 Å². The number of unbranched alkanes of at least 4 members (excludes halogenated alkanes) is 1. The van der Waals surface area contributed by atoms with Crippen molar-refractivity contribution >= 4 is 22.6 Å². The topological polar surface area (TPSA) is 60.7 Å². The number of benzene rings is 4. The molecule has 0 aliphatic heterocycles. The van der Waals surface area contributed by atoms with E-state index in [4.69, 9.17) is 14.0 Å². The van der Waals surface area contributed by atoms with Gasteiger partial charge in [-0.05, 0) is 59.7 Å². The molecule has 0 atom stereocenters. The van der Waals surface area contributed by atoms with Gasteiger partial charge >= 0.3 is 5.97 Å². The number of para-hydroxylation sites is 1. The summed E-state index contributed by atoms with van der Waals surface area (Å²) in [4.78, 5) is 16.6. The van der Waals surface area contributed by atoms with Crippen LogP contribution in [0.25, 0.3) is 22.1 Å². The quantitative estimate of drug-likeness (QED) is 0.118. The van der Waals surface area contributed by atoms with Crippen molar-refractivity contribution in [3.63, 3.8) is 0 Å². The maximum absolute atomic E-state index is 11.5. The Morgan fingerprint density at radius 3 is 2.34 bits per heavy atom. The summed E-state index contributed by atoms with van der Waals surface area (Å²) in [7, 11) is 0. The van der Waals surface area contributed by atoms with E-state index in [1.165, 1.54) is 29.0 Å². The highest BCUT2D eigenvalue weighted by Gasteiger charge is 2.15. The van der Waals surface area contributed by atoms with Crippen LogP contribution in [0.1, 0.15) is 55.6 Å². The molecule has 0 aliphatic carbocycles. The van der Waals surface area contributed by atoms with Crippen LogP contribution in [0.2, 0.25) is 0 Å². The zero-order valence-electron chi connectivity index (χ0n) is 23.8. The molecule has 5 rings (SSSR count). The van der Waals surface area contributed by atoms with Crippen molar-refractivity contribution in [3.8, 4) is 16.9 Å². The van der Waals surface area contributed by atoms with E-state index >= 15 is 0 Å². The second-order valence-electron chi connectivity index (χ2n) is 10.3. The summed E-state index contributed by atoms with van der Waals surface area (Å²) >= 11 is 0. The fourth-order valence-corrected chi connectivity index (χ4v) is 5.05. The van der Waals surface area contributed by atoms with E-state index in [1.54, 1.807) is 0 Å². The first-order valence-electron chi connectivity index (χ1n) is 14.4. The third-order valence-corrected chi connectivity index (χ3v) is 7.20. The number of anilines is 1. The molecule has 0 amide bonds. The van der Waals surface area contributed by atoms with E-state index in [-0.39, 0.29) is 0 Å². The molecular weight excluding hydrogens is 510 g/mol. The van der Waals surface area contributed by atoms with Crippen LogP contribution in [-0.4, -0.2) is 12.6 Å². The highest BCUT2D eigenvalue weighted by molar-refractivity contribution is 5.82. The molecular formula is C36H37NO4. The van der Waals surface area contributed by atoms with Crippen molar-refractivity contribution in [2.24, 2.45) is 0 Å². The Morgan fingerprint density at radius 1 is 0.805 bits per heavy atom. The second kappa shape index (κ2) is 13.7. The monoisotopic (exact) mass is 547 g/mol. The van der Waals surface area contributed by atoms with Gasteiger partial charge in [0, 0.05) is 30.7 Å². The fraction of sp³-hybridized carbons (Fsp3) is 0.250. The SMILES string of the molecule is CCCCc1oc2ccccc2c1Cc1ccc(-c2ccc(OCCCc3ccccc3)c(NOC(C)=O)c2)cc1. The zero-order chi connectivity index (χ0) is 28.4. The van der Waals surface area contributed by atoms with Gasteiger partial charge in [-0.2, -0.15) is 0 Å². The van der Waals surface area contributed by atoms with Crippen molar-refractivity contribution in [2.45, 2.75) is 52.4 Å². The summed E-state index contributed by atoms with van der Waals surface area (Å²) in [6.45, 7) is 4.13. The minimum absolute atomic E-state index is 0.417. The molecule has 1 N–H and O–H groups in total. The standard InChI is InChI=1S/C36H37NO4/c1-3-4-15-35-32(31-14-8-9-16-34(31)40-35)24-28-17-19-29(20-18-28)30-21-22-36(33(25-30)37-41-26(2)38)39-23-10-13-27-11-6-5-7-12-27/h5-9,11-12,14,16-22,25,37H,3-4,10,13,15,23-24H2,1-2H3. The minimum atomic E-state index is -0.417. The first-order chi connectivity index (χ1) is 20.1. The highest BCUT2D eigenvalue weighted by atomic mass is 16.7. The van der Waals surface area contributed by atoms with Crippen molar-refractivity contribution in [1.82, 2.24) is 0 Å². The number of carbonyl (C=O) groups is 1. The lowest BCUT2D eigenvalue weighted by Crippen LogP contribution is -2.08. The first-order valence-corrected chi connectivity index (χ1v) is 14.4. The molecule has 0 saturated heterocycles. The third-order valence-electron chi connectivity index (χ3n) is 7.20. The Balaban J connectivity index is 1.30. The largest absolute Gasteiger partial charge is 0.491 e. The molecule has 0 bridgehead atoms. The van der Waals surface area contributed by atoms with E-state index in [2.05, 4.69) is 67.0 Å². The predicted octanol–water partition coefficient (Wildman–Crippen LogP) is 8.93. The molecule has 4 aromatic carbocycles. The molecule has 1 heterocycles. The molecule has 0 aliphatic rings. The molecule has 0 radical (unpaired) electrons. The average Bonchev–Trinajstić information content (AvgIpc) is 3.35. The smallest absolute Gasteiger partial charge is 0.329 e. The molecule has 0 unspecified atom stereocenters. The normalized spacial score (nSPS) is 11.0. The Bertz CT molecular complexity index is 1570. The van der Waals surface area contributed by atoms with Gasteiger partial charge in [-0.3, -0.25) is 4.79 Å². The average molecular weight is 548 g/mol. The number of nitrogens with one attached hydrogen (secondary N) is 1. The number of fused-ring (bicyclic) bond motifs is 1. The molecule has 210 valence electrons. The third kappa shape index (κ3) is 7.37. The number of hydrogen-bond acceptors (Lipinski definition) is 5. The molecule has 5 heteroatoms. The van der Waals surface area contributed by atoms with Crippen LogP contribution < -0.4 is 10.2 Å². The maximum Gasteiger partial charge on any atom is 0.329 e. The van der Waals surface area contributed by atoms with Gasteiger partial charge in [-0.25, -0.2) is 5.48 Å². The van der Waals surface area contributed by atoms with Crippen LogP contribution in [0, 0.1) is 0 Å². The lowest BCUT2D eigenvalue weighted by atomic mass is 9.97. The predicted molar refractivity (Wildman–Crippen MR) is 165 cm³/mol. The van der Waals surface area contributed by atoms with Crippen LogP contribution in [0.15, 0.2) is 101 Å². The minimum Gasteiger partial charge on any atom is -0.491 e. The highest BCUT2D eigenvalue weighted by Crippen LogP contribution is 2.33. The van der Waals surface area contributed by atoms with Gasteiger partial charge in [-0.1, -0.05) is 92.2 Å². The first kappa shape index (κ1) is 28.0. The van der Waals surface area contributed by atoms with Crippen LogP contribution in [-0.2, 0) is 28.9 Å². The lowest BCUT2D eigenvalue weighted by Gasteiger charge is -2.14. The Morgan fingerprint density at radius 2 is 1.56 bits per heavy atom. The van der Waals surface area contributed by atoms with Gasteiger partial charge < -0.3 is 14.0 Å². The van der Waals surface area contributed by atoms with Crippen LogP contribution >= 0.6 is 0 Å². The Hall–Kier alpha value is -4.51. The molecule has 0 spiro atoms. The summed E-state index contributed by atoms with van der Waals surface area (Å²) in [5.41, 5.74) is 10.2. The van der Waals surface area contributed by atoms with Crippen molar-refractivity contribution in [2.75, 3.05) is 12.1 Å². The van der Waals surface area contributed by atoms with Gasteiger partial charge in [-0.15, -0.1) is 0 Å². The maximum atomic E-state index is 11.5. The van der Waals surface area contributed by atoms with E-state index in [0.717, 1.165) is 61.0 Å². The number of ether oxygens (including phenoxy) is 1. The zero-order valence-corrected chi connectivity index (χ0v) is 23.8. The van der Waals surface area contributed by atoms with Gasteiger partial charge in [0.15, 0.2) is 0 Å². The van der Waals surface area contributed by atoms with E-state index in [0.29, 0.717) is 18.0 Å². The number of aryl methyl sites for hydroxylation is 2. The van der Waals surface area contributed by atoms with Gasteiger partial charge in [0.05, 0.1) is 6.61 Å². The van der Waals surface area contributed by atoms with Crippen LogP contribution in [0.4, 0.5) is 5.69 Å². The summed E-state index contributed by atoms with van der Waals surface area (Å²) < 4.78 is 12.3. The number of furan rings is 1. The molecule has 0 saturated carbocycles. The number of rotatable bonds is 13. The van der Waals surface area contributed by atoms with Gasteiger partial charge in [0.2, 0.25) is 0 Å². The molecule has 5 aromatic rings. The summed E-state index contributed by atoms with van der Waals surface area (Å²) in [6, 6.07) is 33.2. The number of carbonyl (C=O) groups excluding carboxylic acids is 1. The molecule has 41 heavy (non-hydrogen) atoms. The van der Waals surface area contributed by atoms with Gasteiger partial charge in [0.25, 0.3) is 0 Å². The summed E-state index contributed by atoms with van der Waals surface area (Å²) in [6.07, 6.45) is 5.85. The fourth-order valence-electron chi connectivity index (χ4n) is 5.05. The Labute approximate surface area is 242 Å². The molecule has 5 nitrogen and oxygen atoms in total. The molecule has 0 fully saturated rings. The van der Waals surface area contributed by atoms with Crippen molar-refractivity contribution in [1.29, 1.82) is 0 Å². The molecule has 1 aromatic heterocycles. The second-order valence-corrected chi connectivity index (χ2v) is 10.3. The van der Waals surface area contributed by atoms with E-state index in [1.807, 2.05) is 42.5 Å². The van der Waals surface area contributed by atoms with Crippen LogP contribution in [0.5, 0.6) is 5.75 Å². The van der Waals surface area contributed by atoms with Crippen molar-refractivity contribution in [3.05, 3.63) is 120 Å². The summed E-state index contributed by atoms with van der Waals surface area (Å²) in [5.74, 6) is 1.32.